The third-order valence-electron chi connectivity index (χ3n) is 5.63. The monoisotopic (exact) mass is 354 g/mol. The highest BCUT2D eigenvalue weighted by atomic mass is 19.4. The average molecular weight is 354 g/mol. The first-order valence-electron chi connectivity index (χ1n) is 7.13. The molecule has 0 aromatic heterocycles. The molecule has 5 atom stereocenters. The molecule has 2 nitrogen and oxygen atoms in total. The molecule has 0 heterocycles. The Kier molecular flexibility index (Phi) is 2.77. The zero-order valence-electron chi connectivity index (χ0n) is 12.0. The van der Waals surface area contributed by atoms with Crippen LogP contribution >= 0.6 is 0 Å². The van der Waals surface area contributed by atoms with Gasteiger partial charge in [0, 0.05) is 23.0 Å². The molecule has 130 valence electrons. The van der Waals surface area contributed by atoms with Gasteiger partial charge in [-0.1, -0.05) is 6.92 Å². The summed E-state index contributed by atoms with van der Waals surface area (Å²) in [5, 5.41) is 0. The molecule has 0 unspecified atom stereocenters. The lowest BCUT2D eigenvalue weighted by Gasteiger charge is -2.34. The van der Waals surface area contributed by atoms with Gasteiger partial charge in [-0.2, -0.15) is 13.2 Å². The lowest BCUT2D eigenvalue weighted by atomic mass is 9.75. The fraction of sp³-hybridized carbons (Fsp3) is 0.533. The third-order valence-corrected chi connectivity index (χ3v) is 5.63. The van der Waals surface area contributed by atoms with Crippen molar-refractivity contribution >= 4 is 5.97 Å². The van der Waals surface area contributed by atoms with Crippen LogP contribution in [0.2, 0.25) is 0 Å². The number of ether oxygens (including phenoxy) is 1. The summed E-state index contributed by atoms with van der Waals surface area (Å²) in [5.74, 6) is -12.1. The molecule has 1 aromatic rings. The number of alkyl halides is 3. The van der Waals surface area contributed by atoms with Crippen LogP contribution in [0.3, 0.4) is 0 Å². The minimum absolute atomic E-state index is 0.118. The summed E-state index contributed by atoms with van der Waals surface area (Å²) in [6.45, 7) is 1.62. The molecule has 0 N–H and O–H groups in total. The molecule has 1 aromatic carbocycles. The molecule has 0 spiro atoms. The first-order valence-corrected chi connectivity index (χ1v) is 7.13. The molecule has 0 aliphatic heterocycles. The van der Waals surface area contributed by atoms with Gasteiger partial charge < -0.3 is 4.74 Å². The fourth-order valence-corrected chi connectivity index (χ4v) is 4.72. The van der Waals surface area contributed by atoms with Crippen molar-refractivity contribution < 1.29 is 40.3 Å². The number of carbonyl (C=O) groups excluding carboxylic acids is 1. The molecule has 9 heteroatoms. The zero-order valence-corrected chi connectivity index (χ0v) is 12.0. The SMILES string of the molecule is C[C@@]12C[C@H]3c4c(F)c(F)c(F)c(F)c4[C@@H]1[C@@H]2[C@H]3OC(=O)C(F)(F)F. The smallest absolute Gasteiger partial charge is 0.455 e. The number of hydrogen-bond acceptors (Lipinski definition) is 2. The highest BCUT2D eigenvalue weighted by molar-refractivity contribution is 5.76. The molecule has 2 saturated carbocycles. The number of carbonyl (C=O) groups is 1. The Labute approximate surface area is 130 Å². The van der Waals surface area contributed by atoms with Crippen LogP contribution in [0.5, 0.6) is 0 Å². The second kappa shape index (κ2) is 4.23. The third kappa shape index (κ3) is 1.65. The van der Waals surface area contributed by atoms with Crippen LogP contribution in [0.4, 0.5) is 30.7 Å². The van der Waals surface area contributed by atoms with Gasteiger partial charge in [0.2, 0.25) is 0 Å². The van der Waals surface area contributed by atoms with Gasteiger partial charge in [-0.3, -0.25) is 0 Å². The van der Waals surface area contributed by atoms with Crippen LogP contribution < -0.4 is 0 Å². The Morgan fingerprint density at radius 2 is 1.58 bits per heavy atom. The minimum atomic E-state index is -5.23. The van der Waals surface area contributed by atoms with E-state index in [4.69, 9.17) is 0 Å². The molecular formula is C15H9F7O2. The maximum atomic E-state index is 14.1. The van der Waals surface area contributed by atoms with Crippen molar-refractivity contribution in [2.24, 2.45) is 11.3 Å². The van der Waals surface area contributed by atoms with Gasteiger partial charge in [-0.05, 0) is 17.8 Å². The van der Waals surface area contributed by atoms with Gasteiger partial charge in [-0.15, -0.1) is 0 Å². The normalized spacial score (nSPS) is 35.7. The standard InChI is InChI=1S/C15H9F7O2/c1-14-2-3-4-5(9(17)11(19)10(18)8(4)16)6(14)7(14)12(3)24-13(23)15(20,21)22/h3,6-7,12H,2H2,1H3/t3-,6+,7+,12-,14+/m0/s1. The van der Waals surface area contributed by atoms with Gasteiger partial charge in [0.25, 0.3) is 0 Å². The summed E-state index contributed by atoms with van der Waals surface area (Å²) in [4.78, 5) is 11.1. The molecule has 5 rings (SSSR count). The molecular weight excluding hydrogens is 345 g/mol. The molecule has 24 heavy (non-hydrogen) atoms. The lowest BCUT2D eigenvalue weighted by molar-refractivity contribution is -0.206. The van der Waals surface area contributed by atoms with E-state index in [1.54, 1.807) is 6.92 Å². The Morgan fingerprint density at radius 3 is 2.12 bits per heavy atom. The number of rotatable bonds is 1. The molecule has 4 bridgehead atoms. The maximum absolute atomic E-state index is 14.1. The van der Waals surface area contributed by atoms with E-state index in [-0.39, 0.29) is 12.0 Å². The summed E-state index contributed by atoms with van der Waals surface area (Å²) in [7, 11) is 0. The summed E-state index contributed by atoms with van der Waals surface area (Å²) in [5.41, 5.74) is -1.57. The summed E-state index contributed by atoms with van der Waals surface area (Å²) in [6.07, 6.45) is -6.44. The van der Waals surface area contributed by atoms with E-state index >= 15 is 0 Å². The summed E-state index contributed by atoms with van der Waals surface area (Å²) < 4.78 is 96.9. The Bertz CT molecular complexity index is 787. The van der Waals surface area contributed by atoms with E-state index in [9.17, 15) is 35.5 Å². The predicted molar refractivity (Wildman–Crippen MR) is 63.9 cm³/mol. The van der Waals surface area contributed by atoms with Crippen LogP contribution in [0.15, 0.2) is 0 Å². The van der Waals surface area contributed by atoms with Crippen molar-refractivity contribution in [3.63, 3.8) is 0 Å². The molecule has 4 aliphatic carbocycles. The summed E-state index contributed by atoms with van der Waals surface area (Å²) >= 11 is 0. The molecule has 4 aliphatic rings. The van der Waals surface area contributed by atoms with Crippen molar-refractivity contribution in [1.29, 1.82) is 0 Å². The minimum Gasteiger partial charge on any atom is -0.455 e. The van der Waals surface area contributed by atoms with Gasteiger partial charge in [0.15, 0.2) is 23.3 Å². The second-order valence-corrected chi connectivity index (χ2v) is 6.77. The van der Waals surface area contributed by atoms with Crippen molar-refractivity contribution in [3.05, 3.63) is 34.4 Å². The summed E-state index contributed by atoms with van der Waals surface area (Å²) in [6, 6.07) is 0. The van der Waals surface area contributed by atoms with E-state index in [0.29, 0.717) is 0 Å². The Hall–Kier alpha value is -1.80. The van der Waals surface area contributed by atoms with E-state index in [1.807, 2.05) is 0 Å². The average Bonchev–Trinajstić information content (AvgIpc) is 3.02. The van der Waals surface area contributed by atoms with Gasteiger partial charge in [0.1, 0.15) is 6.10 Å². The largest absolute Gasteiger partial charge is 0.490 e. The Balaban J connectivity index is 1.81. The zero-order chi connectivity index (χ0) is 17.8. The number of hydrogen-bond donors (Lipinski definition) is 0. The van der Waals surface area contributed by atoms with E-state index in [1.165, 1.54) is 0 Å². The van der Waals surface area contributed by atoms with Crippen molar-refractivity contribution in [2.75, 3.05) is 0 Å². The Morgan fingerprint density at radius 1 is 1.04 bits per heavy atom. The van der Waals surface area contributed by atoms with Crippen LogP contribution in [-0.2, 0) is 9.53 Å². The fourth-order valence-electron chi connectivity index (χ4n) is 4.72. The van der Waals surface area contributed by atoms with Crippen molar-refractivity contribution in [2.45, 2.75) is 37.5 Å². The maximum Gasteiger partial charge on any atom is 0.490 e. The van der Waals surface area contributed by atoms with Gasteiger partial charge in [0.05, 0.1) is 0 Å². The second-order valence-electron chi connectivity index (χ2n) is 6.77. The number of halogens is 7. The quantitative estimate of drug-likeness (QED) is 0.331. The molecule has 0 amide bonds. The van der Waals surface area contributed by atoms with Crippen LogP contribution in [-0.4, -0.2) is 18.2 Å². The molecule has 0 radical (unpaired) electrons. The van der Waals surface area contributed by atoms with Crippen LogP contribution in [0.25, 0.3) is 0 Å². The lowest BCUT2D eigenvalue weighted by Crippen LogP contribution is -2.36. The highest BCUT2D eigenvalue weighted by Crippen LogP contribution is 2.81. The van der Waals surface area contributed by atoms with Gasteiger partial charge >= 0.3 is 12.1 Å². The van der Waals surface area contributed by atoms with Crippen molar-refractivity contribution in [1.82, 2.24) is 0 Å². The molecule has 2 fully saturated rings. The number of benzene rings is 1. The van der Waals surface area contributed by atoms with Crippen LogP contribution in [0.1, 0.15) is 36.3 Å². The van der Waals surface area contributed by atoms with E-state index < -0.39 is 70.3 Å². The van der Waals surface area contributed by atoms with Crippen LogP contribution in [0, 0.1) is 34.6 Å². The first-order chi connectivity index (χ1) is 11.0. The van der Waals surface area contributed by atoms with E-state index in [2.05, 4.69) is 4.74 Å². The first kappa shape index (κ1) is 15.7. The number of esters is 1. The topological polar surface area (TPSA) is 26.3 Å². The van der Waals surface area contributed by atoms with Crippen molar-refractivity contribution in [3.8, 4) is 0 Å². The molecule has 0 saturated heterocycles. The highest BCUT2D eigenvalue weighted by Gasteiger charge is 2.77. The predicted octanol–water partition coefficient (Wildman–Crippen LogP) is 3.94. The van der Waals surface area contributed by atoms with Gasteiger partial charge in [-0.25, -0.2) is 22.4 Å². The van der Waals surface area contributed by atoms with E-state index in [0.717, 1.165) is 0 Å².